The van der Waals surface area contributed by atoms with E-state index in [1.54, 1.807) is 13.8 Å². The second kappa shape index (κ2) is 12.1. The molecular weight excluding hydrogens is 521 g/mol. The molecule has 0 heterocycles. The lowest BCUT2D eigenvalue weighted by Crippen LogP contribution is -2.52. The maximum absolute atomic E-state index is 13.6. The van der Waals surface area contributed by atoms with E-state index in [9.17, 15) is 18.0 Å². The van der Waals surface area contributed by atoms with Crippen molar-refractivity contribution in [2.24, 2.45) is 0 Å². The van der Waals surface area contributed by atoms with Crippen LogP contribution in [0.25, 0.3) is 0 Å². The van der Waals surface area contributed by atoms with E-state index in [4.69, 9.17) is 34.8 Å². The Morgan fingerprint density at radius 3 is 2.12 bits per heavy atom. The number of carbonyl (C=O) groups is 2. The molecule has 1 N–H and O–H groups in total. The molecule has 0 unspecified atom stereocenters. The fraction of sp³-hybridized carbons (Fsp3) is 0.391. The van der Waals surface area contributed by atoms with Crippen LogP contribution in [0.2, 0.25) is 15.1 Å². The minimum Gasteiger partial charge on any atom is -0.355 e. The topological polar surface area (TPSA) is 86.8 Å². The molecular formula is C23H28Cl3N3O4S. The molecule has 0 aliphatic heterocycles. The average molecular weight is 549 g/mol. The Morgan fingerprint density at radius 2 is 1.59 bits per heavy atom. The van der Waals surface area contributed by atoms with E-state index in [0.29, 0.717) is 13.0 Å². The summed E-state index contributed by atoms with van der Waals surface area (Å²) in [4.78, 5) is 27.7. The molecule has 0 spiro atoms. The number of rotatable bonds is 10. The lowest BCUT2D eigenvalue weighted by atomic mass is 10.1. The summed E-state index contributed by atoms with van der Waals surface area (Å²) in [7, 11) is -3.94. The Balaban J connectivity index is 2.49. The van der Waals surface area contributed by atoms with Crippen LogP contribution in [0.4, 0.5) is 5.69 Å². The lowest BCUT2D eigenvalue weighted by Gasteiger charge is -2.33. The van der Waals surface area contributed by atoms with Crippen LogP contribution in [0.5, 0.6) is 0 Å². The molecule has 0 aliphatic rings. The first kappa shape index (κ1) is 28.2. The van der Waals surface area contributed by atoms with Crippen molar-refractivity contribution in [3.8, 4) is 0 Å². The number of halogens is 3. The second-order valence-corrected chi connectivity index (χ2v) is 10.9. The minimum absolute atomic E-state index is 0.0215. The van der Waals surface area contributed by atoms with Crippen LogP contribution in [0.3, 0.4) is 0 Å². The van der Waals surface area contributed by atoms with Gasteiger partial charge in [-0.05, 0) is 38.0 Å². The van der Waals surface area contributed by atoms with Gasteiger partial charge < -0.3 is 10.2 Å². The van der Waals surface area contributed by atoms with Crippen LogP contribution in [-0.4, -0.2) is 50.5 Å². The smallest absolute Gasteiger partial charge is 0.244 e. The van der Waals surface area contributed by atoms with Gasteiger partial charge in [0, 0.05) is 13.1 Å². The summed E-state index contributed by atoms with van der Waals surface area (Å²) >= 11 is 18.3. The molecule has 2 aromatic carbocycles. The summed E-state index contributed by atoms with van der Waals surface area (Å²) in [6.45, 7) is 5.48. The van der Waals surface area contributed by atoms with Crippen LogP contribution in [-0.2, 0) is 26.2 Å². The van der Waals surface area contributed by atoms with Gasteiger partial charge in [-0.25, -0.2) is 8.42 Å². The van der Waals surface area contributed by atoms with Crippen molar-refractivity contribution in [1.29, 1.82) is 0 Å². The van der Waals surface area contributed by atoms with Crippen LogP contribution in [0, 0.1) is 6.92 Å². The molecule has 186 valence electrons. The van der Waals surface area contributed by atoms with Crippen molar-refractivity contribution in [2.75, 3.05) is 23.7 Å². The number of likely N-dealkylation sites (N-methyl/N-ethyl adjacent to an activating group) is 1. The van der Waals surface area contributed by atoms with Crippen LogP contribution in [0.15, 0.2) is 36.4 Å². The summed E-state index contributed by atoms with van der Waals surface area (Å²) < 4.78 is 26.2. The van der Waals surface area contributed by atoms with Gasteiger partial charge in [-0.1, -0.05) is 71.6 Å². The molecule has 1 atom stereocenters. The summed E-state index contributed by atoms with van der Waals surface area (Å²) in [6.07, 6.45) is 1.31. The number of nitrogens with one attached hydrogen (secondary N) is 1. The van der Waals surface area contributed by atoms with E-state index >= 15 is 0 Å². The standard InChI is InChI=1S/C23H28Cl3N3O4S/c1-5-20(23(31)27-6-2)28(13-16-9-7-15(3)8-10-16)22(30)14-29(34(4,32)33)21-12-18(25)17(24)11-19(21)26/h7-12,20H,5-6,13-14H2,1-4H3,(H,27,31)/t20-/m1/s1. The summed E-state index contributed by atoms with van der Waals surface area (Å²) in [5.74, 6) is -0.879. The van der Waals surface area contributed by atoms with Gasteiger partial charge in [-0.2, -0.15) is 0 Å². The van der Waals surface area contributed by atoms with E-state index in [2.05, 4.69) is 5.32 Å². The summed E-state index contributed by atoms with van der Waals surface area (Å²) in [5, 5.41) is 3.01. The first-order valence-electron chi connectivity index (χ1n) is 10.6. The number of aryl methyl sites for hydroxylation is 1. The molecule has 0 saturated heterocycles. The Kier molecular flexibility index (Phi) is 10.1. The van der Waals surface area contributed by atoms with Crippen molar-refractivity contribution >= 4 is 62.3 Å². The molecule has 0 aliphatic carbocycles. The highest BCUT2D eigenvalue weighted by molar-refractivity contribution is 7.92. The highest BCUT2D eigenvalue weighted by Crippen LogP contribution is 2.35. The number of anilines is 1. The Bertz CT molecular complexity index is 1140. The van der Waals surface area contributed by atoms with E-state index in [1.165, 1.54) is 17.0 Å². The molecule has 2 rings (SSSR count). The number of amides is 2. The fourth-order valence-corrected chi connectivity index (χ4v) is 4.95. The second-order valence-electron chi connectivity index (χ2n) is 7.81. The summed E-state index contributed by atoms with van der Waals surface area (Å²) in [5.41, 5.74) is 1.88. The van der Waals surface area contributed by atoms with E-state index in [-0.39, 0.29) is 33.2 Å². The molecule has 0 saturated carbocycles. The molecule has 0 aromatic heterocycles. The van der Waals surface area contributed by atoms with Crippen molar-refractivity contribution in [1.82, 2.24) is 10.2 Å². The van der Waals surface area contributed by atoms with E-state index < -0.39 is 28.5 Å². The molecule has 34 heavy (non-hydrogen) atoms. The number of hydrogen-bond donors (Lipinski definition) is 1. The quantitative estimate of drug-likeness (QED) is 0.437. The van der Waals surface area contributed by atoms with E-state index in [1.807, 2.05) is 31.2 Å². The highest BCUT2D eigenvalue weighted by Gasteiger charge is 2.32. The Morgan fingerprint density at radius 1 is 1.00 bits per heavy atom. The number of benzene rings is 2. The predicted octanol–water partition coefficient (Wildman–Crippen LogP) is 4.66. The number of sulfonamides is 1. The van der Waals surface area contributed by atoms with Gasteiger partial charge in [0.1, 0.15) is 12.6 Å². The third kappa shape index (κ3) is 7.25. The van der Waals surface area contributed by atoms with E-state index in [0.717, 1.165) is 21.7 Å². The lowest BCUT2D eigenvalue weighted by molar-refractivity contribution is -0.140. The zero-order valence-electron chi connectivity index (χ0n) is 19.4. The third-order valence-corrected chi connectivity index (χ3v) is 7.30. The zero-order valence-corrected chi connectivity index (χ0v) is 22.5. The third-order valence-electron chi connectivity index (χ3n) is 5.15. The van der Waals surface area contributed by atoms with Gasteiger partial charge in [-0.3, -0.25) is 13.9 Å². The van der Waals surface area contributed by atoms with Gasteiger partial charge >= 0.3 is 0 Å². The molecule has 0 radical (unpaired) electrons. The summed E-state index contributed by atoms with van der Waals surface area (Å²) in [6, 6.07) is 9.36. The van der Waals surface area contributed by atoms with Gasteiger partial charge in [0.05, 0.1) is 27.0 Å². The predicted molar refractivity (Wildman–Crippen MR) is 138 cm³/mol. The first-order valence-corrected chi connectivity index (χ1v) is 13.6. The first-order chi connectivity index (χ1) is 15.9. The maximum Gasteiger partial charge on any atom is 0.244 e. The average Bonchev–Trinajstić information content (AvgIpc) is 2.75. The maximum atomic E-state index is 13.6. The van der Waals surface area contributed by atoms with Gasteiger partial charge in [-0.15, -0.1) is 0 Å². The van der Waals surface area contributed by atoms with Crippen LogP contribution in [0.1, 0.15) is 31.4 Å². The monoisotopic (exact) mass is 547 g/mol. The molecule has 2 aromatic rings. The normalized spacial score (nSPS) is 12.2. The van der Waals surface area contributed by atoms with Gasteiger partial charge in [0.2, 0.25) is 21.8 Å². The van der Waals surface area contributed by atoms with Crippen molar-refractivity contribution < 1.29 is 18.0 Å². The van der Waals surface area contributed by atoms with Crippen molar-refractivity contribution in [3.63, 3.8) is 0 Å². The molecule has 0 fully saturated rings. The van der Waals surface area contributed by atoms with Gasteiger partial charge in [0.15, 0.2) is 0 Å². The van der Waals surface area contributed by atoms with Crippen molar-refractivity contribution in [3.05, 3.63) is 62.6 Å². The SMILES string of the molecule is CCNC(=O)[C@@H](CC)N(Cc1ccc(C)cc1)C(=O)CN(c1cc(Cl)c(Cl)cc1Cl)S(C)(=O)=O. The number of carbonyl (C=O) groups excluding carboxylic acids is 2. The van der Waals surface area contributed by atoms with Crippen molar-refractivity contribution in [2.45, 2.75) is 39.8 Å². The van der Waals surface area contributed by atoms with Crippen LogP contribution >= 0.6 is 34.8 Å². The van der Waals surface area contributed by atoms with Crippen LogP contribution < -0.4 is 9.62 Å². The zero-order chi connectivity index (χ0) is 25.6. The molecule has 2 amide bonds. The largest absolute Gasteiger partial charge is 0.355 e. The minimum atomic E-state index is -3.94. The molecule has 0 bridgehead atoms. The number of hydrogen-bond acceptors (Lipinski definition) is 4. The molecule has 11 heteroatoms. The molecule has 7 nitrogen and oxygen atoms in total. The number of nitrogens with zero attached hydrogens (tertiary/aromatic N) is 2. The Labute approximate surface area is 216 Å². The van der Waals surface area contributed by atoms with Gasteiger partial charge in [0.25, 0.3) is 0 Å². The fourth-order valence-electron chi connectivity index (χ4n) is 3.40. The highest BCUT2D eigenvalue weighted by atomic mass is 35.5. The Hall–Kier alpha value is -2.00.